The highest BCUT2D eigenvalue weighted by molar-refractivity contribution is 7.99. The Labute approximate surface area is 127 Å². The number of hydrogen-bond acceptors (Lipinski definition) is 6. The van der Waals surface area contributed by atoms with Crippen molar-refractivity contribution in [2.45, 2.75) is 11.7 Å². The zero-order valence-electron chi connectivity index (χ0n) is 10.6. The molecule has 0 aliphatic rings. The van der Waals surface area contributed by atoms with Crippen LogP contribution in [0.25, 0.3) is 11.2 Å². The summed E-state index contributed by atoms with van der Waals surface area (Å²) in [6.45, 7) is 0.545. The molecule has 3 rings (SSSR count). The van der Waals surface area contributed by atoms with Crippen molar-refractivity contribution in [3.63, 3.8) is 0 Å². The van der Waals surface area contributed by atoms with E-state index in [2.05, 4.69) is 20.1 Å². The Morgan fingerprint density at radius 2 is 2.33 bits per heavy atom. The fraction of sp³-hybridized carbons (Fsp3) is 0.182. The molecule has 0 fully saturated rings. The number of aryl methyl sites for hydroxylation is 1. The maximum atomic E-state index is 10.6. The largest absolute Gasteiger partial charge is 0.331 e. The van der Waals surface area contributed by atoms with Crippen LogP contribution in [0.2, 0.25) is 5.02 Å². The number of imidazole rings is 1. The van der Waals surface area contributed by atoms with Crippen molar-refractivity contribution < 1.29 is 4.92 Å². The molecule has 0 aromatic carbocycles. The van der Waals surface area contributed by atoms with Gasteiger partial charge in [-0.15, -0.1) is 0 Å². The van der Waals surface area contributed by atoms with Gasteiger partial charge in [-0.1, -0.05) is 23.4 Å². The molecule has 0 saturated heterocycles. The molecule has 0 spiro atoms. The van der Waals surface area contributed by atoms with E-state index < -0.39 is 4.92 Å². The number of nitrogens with one attached hydrogen (secondary N) is 1. The monoisotopic (exact) mass is 324 g/mol. The van der Waals surface area contributed by atoms with Crippen molar-refractivity contribution in [1.82, 2.24) is 24.7 Å². The van der Waals surface area contributed by atoms with E-state index in [0.29, 0.717) is 23.0 Å². The van der Waals surface area contributed by atoms with E-state index in [1.807, 2.05) is 0 Å². The molecule has 0 aliphatic heterocycles. The second-order valence-electron chi connectivity index (χ2n) is 4.13. The van der Waals surface area contributed by atoms with Gasteiger partial charge in [-0.05, 0) is 6.07 Å². The molecule has 0 radical (unpaired) electrons. The summed E-state index contributed by atoms with van der Waals surface area (Å²) in [6.07, 6.45) is 4.18. The molecule has 0 bridgehead atoms. The summed E-state index contributed by atoms with van der Waals surface area (Å²) in [6, 6.07) is 1.76. The molecule has 0 unspecified atom stereocenters. The predicted molar refractivity (Wildman–Crippen MR) is 78.5 cm³/mol. The number of aromatic amines is 1. The summed E-state index contributed by atoms with van der Waals surface area (Å²) in [7, 11) is 0. The minimum absolute atomic E-state index is 0.0115. The van der Waals surface area contributed by atoms with Crippen molar-refractivity contribution in [3.8, 4) is 0 Å². The lowest BCUT2D eigenvalue weighted by Crippen LogP contribution is -2.00. The van der Waals surface area contributed by atoms with Gasteiger partial charge in [0.1, 0.15) is 12.4 Å². The molecule has 0 amide bonds. The van der Waals surface area contributed by atoms with E-state index in [1.54, 1.807) is 12.3 Å². The summed E-state index contributed by atoms with van der Waals surface area (Å²) in [4.78, 5) is 21.6. The molecule has 1 N–H and O–H groups in total. The van der Waals surface area contributed by atoms with E-state index in [9.17, 15) is 10.1 Å². The topological polar surface area (TPSA) is 103 Å². The highest BCUT2D eigenvalue weighted by Gasteiger charge is 2.09. The van der Waals surface area contributed by atoms with Crippen LogP contribution in [-0.2, 0) is 6.54 Å². The number of halogens is 1. The van der Waals surface area contributed by atoms with Gasteiger partial charge in [-0.25, -0.2) is 9.97 Å². The molecule has 0 aliphatic carbocycles. The van der Waals surface area contributed by atoms with E-state index in [1.165, 1.54) is 28.8 Å². The normalized spacial score (nSPS) is 11.1. The van der Waals surface area contributed by atoms with Gasteiger partial charge in [0.05, 0.1) is 22.0 Å². The van der Waals surface area contributed by atoms with Crippen LogP contribution >= 0.6 is 23.4 Å². The second kappa shape index (κ2) is 5.70. The van der Waals surface area contributed by atoms with E-state index in [-0.39, 0.29) is 5.69 Å². The van der Waals surface area contributed by atoms with Crippen molar-refractivity contribution in [1.29, 1.82) is 0 Å². The van der Waals surface area contributed by atoms with Crippen molar-refractivity contribution >= 4 is 40.2 Å². The zero-order valence-corrected chi connectivity index (χ0v) is 12.1. The van der Waals surface area contributed by atoms with Crippen LogP contribution in [0.4, 0.5) is 5.69 Å². The van der Waals surface area contributed by atoms with Gasteiger partial charge in [0.15, 0.2) is 10.8 Å². The van der Waals surface area contributed by atoms with Crippen LogP contribution in [-0.4, -0.2) is 35.4 Å². The van der Waals surface area contributed by atoms with Crippen LogP contribution in [0.3, 0.4) is 0 Å². The van der Waals surface area contributed by atoms with Gasteiger partial charge in [0.2, 0.25) is 0 Å². The molecular formula is C11H9ClN6O2S. The Balaban J connectivity index is 1.62. The Hall–Kier alpha value is -2.13. The zero-order chi connectivity index (χ0) is 14.8. The lowest BCUT2D eigenvalue weighted by Gasteiger charge is -1.98. The van der Waals surface area contributed by atoms with Crippen LogP contribution in [0.15, 0.2) is 29.8 Å². The van der Waals surface area contributed by atoms with Crippen LogP contribution < -0.4 is 0 Å². The minimum Gasteiger partial charge on any atom is -0.331 e. The number of rotatable bonds is 5. The summed E-state index contributed by atoms with van der Waals surface area (Å²) in [5.74, 6) is 0.673. The van der Waals surface area contributed by atoms with Gasteiger partial charge >= 0.3 is 5.69 Å². The number of nitro groups is 1. The molecule has 3 heterocycles. The third-order valence-electron chi connectivity index (χ3n) is 2.67. The first kappa shape index (κ1) is 13.8. The average Bonchev–Trinajstić information content (AvgIpc) is 3.04. The Kier molecular flexibility index (Phi) is 3.76. The molecular weight excluding hydrogens is 316 g/mol. The number of hydrogen-bond donors (Lipinski definition) is 1. The van der Waals surface area contributed by atoms with Crippen LogP contribution in [0.5, 0.6) is 0 Å². The van der Waals surface area contributed by atoms with Gasteiger partial charge in [0, 0.05) is 11.9 Å². The highest BCUT2D eigenvalue weighted by Crippen LogP contribution is 2.20. The Morgan fingerprint density at radius 1 is 1.48 bits per heavy atom. The molecule has 21 heavy (non-hydrogen) atoms. The number of pyridine rings is 1. The lowest BCUT2D eigenvalue weighted by molar-refractivity contribution is -0.385. The van der Waals surface area contributed by atoms with Gasteiger partial charge in [-0.2, -0.15) is 5.10 Å². The number of aromatic nitrogens is 5. The number of H-pyrrole nitrogens is 1. The van der Waals surface area contributed by atoms with E-state index in [0.717, 1.165) is 10.7 Å². The van der Waals surface area contributed by atoms with Gasteiger partial charge in [-0.3, -0.25) is 14.8 Å². The molecule has 8 nitrogen and oxygen atoms in total. The van der Waals surface area contributed by atoms with Crippen molar-refractivity contribution in [2.75, 3.05) is 5.75 Å². The lowest BCUT2D eigenvalue weighted by atomic mass is 10.4. The molecule has 108 valence electrons. The standard InChI is InChI=1S/C11H9ClN6O2S/c12-7-3-9-10(13-4-7)16-11(15-9)21-2-1-17-6-8(5-14-17)18(19)20/h3-6H,1-2H2,(H,13,15,16). The Bertz CT molecular complexity index is 801. The predicted octanol–water partition coefficient (Wildman–Crippen LogP) is 2.51. The summed E-state index contributed by atoms with van der Waals surface area (Å²) in [5.41, 5.74) is 1.37. The maximum absolute atomic E-state index is 10.6. The first-order chi connectivity index (χ1) is 10.1. The first-order valence-electron chi connectivity index (χ1n) is 5.93. The maximum Gasteiger partial charge on any atom is 0.306 e. The molecule has 3 aromatic rings. The summed E-state index contributed by atoms with van der Waals surface area (Å²) >= 11 is 7.34. The number of nitrogens with zero attached hydrogens (tertiary/aromatic N) is 5. The van der Waals surface area contributed by atoms with Gasteiger partial charge < -0.3 is 4.98 Å². The smallest absolute Gasteiger partial charge is 0.306 e. The van der Waals surface area contributed by atoms with Crippen molar-refractivity contribution in [3.05, 3.63) is 39.8 Å². The summed E-state index contributed by atoms with van der Waals surface area (Å²) in [5, 5.41) is 15.7. The fourth-order valence-corrected chi connectivity index (χ4v) is 2.69. The number of thioether (sulfide) groups is 1. The van der Waals surface area contributed by atoms with Crippen LogP contribution in [0.1, 0.15) is 0 Å². The third-order valence-corrected chi connectivity index (χ3v) is 3.73. The van der Waals surface area contributed by atoms with Crippen LogP contribution in [0, 0.1) is 10.1 Å². The quantitative estimate of drug-likeness (QED) is 0.439. The summed E-state index contributed by atoms with van der Waals surface area (Å²) < 4.78 is 1.53. The molecule has 3 aromatic heterocycles. The first-order valence-corrected chi connectivity index (χ1v) is 7.29. The number of fused-ring (bicyclic) bond motifs is 1. The van der Waals surface area contributed by atoms with Crippen molar-refractivity contribution in [2.24, 2.45) is 0 Å². The SMILES string of the molecule is O=[N+]([O-])c1cnn(CCSc2nc3ncc(Cl)cc3[nH]2)c1. The van der Waals surface area contributed by atoms with E-state index >= 15 is 0 Å². The minimum atomic E-state index is -0.467. The van der Waals surface area contributed by atoms with Gasteiger partial charge in [0.25, 0.3) is 0 Å². The molecule has 10 heteroatoms. The fourth-order valence-electron chi connectivity index (χ4n) is 1.73. The average molecular weight is 325 g/mol. The molecule has 0 atom stereocenters. The Morgan fingerprint density at radius 3 is 3.10 bits per heavy atom. The third kappa shape index (κ3) is 3.14. The second-order valence-corrected chi connectivity index (χ2v) is 5.65. The molecule has 0 saturated carbocycles. The highest BCUT2D eigenvalue weighted by atomic mass is 35.5. The van der Waals surface area contributed by atoms with E-state index in [4.69, 9.17) is 11.6 Å².